The maximum atomic E-state index is 13.0. The third-order valence-electron chi connectivity index (χ3n) is 2.36. The highest BCUT2D eigenvalue weighted by Crippen LogP contribution is 2.38. The van der Waals surface area contributed by atoms with Gasteiger partial charge in [0.25, 0.3) is 5.56 Å². The molecular weight excluding hydrogens is 299 g/mol. The number of aromatic nitrogens is 1. The number of pyridine rings is 1. The summed E-state index contributed by atoms with van der Waals surface area (Å²) in [6.07, 6.45) is -3.29. The summed E-state index contributed by atoms with van der Waals surface area (Å²) in [6.45, 7) is 4.92. The standard InChI is InChI=1S/C11H13BrF3NO/c1-10(2,3)7-6(12)5-16(4)9(17)8(7)11(13,14)15/h5H,1-4H3. The first-order valence-electron chi connectivity index (χ1n) is 4.93. The Bertz CT molecular complexity index is 497. The minimum absolute atomic E-state index is 0.00639. The quantitative estimate of drug-likeness (QED) is 0.719. The van der Waals surface area contributed by atoms with Crippen LogP contribution in [0.15, 0.2) is 15.5 Å². The van der Waals surface area contributed by atoms with E-state index in [1.807, 2.05) is 0 Å². The molecule has 0 aliphatic heterocycles. The molecule has 2 nitrogen and oxygen atoms in total. The molecule has 1 aromatic heterocycles. The van der Waals surface area contributed by atoms with Crippen molar-refractivity contribution in [3.8, 4) is 0 Å². The topological polar surface area (TPSA) is 22.0 Å². The molecule has 0 atom stereocenters. The lowest BCUT2D eigenvalue weighted by Crippen LogP contribution is -2.33. The van der Waals surface area contributed by atoms with E-state index >= 15 is 0 Å². The van der Waals surface area contributed by atoms with Crippen LogP contribution in [0.2, 0.25) is 0 Å². The summed E-state index contributed by atoms with van der Waals surface area (Å²) in [4.78, 5) is 11.7. The summed E-state index contributed by atoms with van der Waals surface area (Å²) < 4.78 is 40.1. The van der Waals surface area contributed by atoms with Crippen LogP contribution in [0.25, 0.3) is 0 Å². The number of alkyl halides is 3. The maximum Gasteiger partial charge on any atom is 0.422 e. The van der Waals surface area contributed by atoms with Crippen molar-refractivity contribution in [2.24, 2.45) is 7.05 Å². The number of hydrogen-bond donors (Lipinski definition) is 0. The van der Waals surface area contributed by atoms with Crippen LogP contribution in [0, 0.1) is 0 Å². The summed E-state index contributed by atoms with van der Waals surface area (Å²) in [6, 6.07) is 0. The molecule has 0 unspecified atom stereocenters. The molecule has 1 heterocycles. The van der Waals surface area contributed by atoms with Gasteiger partial charge in [0.1, 0.15) is 5.56 Å². The van der Waals surface area contributed by atoms with E-state index in [2.05, 4.69) is 15.9 Å². The molecule has 0 fully saturated rings. The minimum Gasteiger partial charge on any atom is -0.317 e. The van der Waals surface area contributed by atoms with Crippen molar-refractivity contribution in [1.29, 1.82) is 0 Å². The Morgan fingerprint density at radius 3 is 2.00 bits per heavy atom. The predicted molar refractivity (Wildman–Crippen MR) is 63.1 cm³/mol. The number of rotatable bonds is 0. The molecule has 96 valence electrons. The van der Waals surface area contributed by atoms with Crippen molar-refractivity contribution in [2.45, 2.75) is 32.4 Å². The summed E-state index contributed by atoms with van der Waals surface area (Å²) in [5, 5.41) is 0. The van der Waals surface area contributed by atoms with E-state index in [0.29, 0.717) is 4.47 Å². The van der Waals surface area contributed by atoms with Gasteiger partial charge in [-0.25, -0.2) is 0 Å². The molecule has 0 aromatic carbocycles. The molecule has 1 rings (SSSR count). The average Bonchev–Trinajstić information content (AvgIpc) is 2.06. The van der Waals surface area contributed by atoms with Crippen molar-refractivity contribution >= 4 is 15.9 Å². The Kier molecular flexibility index (Phi) is 3.49. The summed E-state index contributed by atoms with van der Waals surface area (Å²) in [7, 11) is 1.30. The molecule has 0 radical (unpaired) electrons. The lowest BCUT2D eigenvalue weighted by atomic mass is 9.84. The van der Waals surface area contributed by atoms with E-state index in [1.165, 1.54) is 13.2 Å². The predicted octanol–water partition coefficient (Wildman–Crippen LogP) is 3.46. The van der Waals surface area contributed by atoms with Crippen molar-refractivity contribution in [2.75, 3.05) is 0 Å². The first kappa shape index (κ1) is 14.3. The zero-order valence-corrected chi connectivity index (χ0v) is 11.5. The minimum atomic E-state index is -4.65. The second-order valence-electron chi connectivity index (χ2n) is 4.89. The highest BCUT2D eigenvalue weighted by Gasteiger charge is 2.41. The van der Waals surface area contributed by atoms with Gasteiger partial charge in [0.05, 0.1) is 0 Å². The van der Waals surface area contributed by atoms with Crippen LogP contribution in [0.5, 0.6) is 0 Å². The second-order valence-corrected chi connectivity index (χ2v) is 5.75. The fraction of sp³-hybridized carbons (Fsp3) is 0.545. The van der Waals surface area contributed by atoms with Gasteiger partial charge in [-0.2, -0.15) is 13.2 Å². The van der Waals surface area contributed by atoms with Crippen LogP contribution < -0.4 is 5.56 Å². The number of aryl methyl sites for hydroxylation is 1. The van der Waals surface area contributed by atoms with Crippen LogP contribution in [0.3, 0.4) is 0 Å². The molecule has 0 amide bonds. The molecule has 0 aliphatic rings. The van der Waals surface area contributed by atoms with Crippen molar-refractivity contribution in [1.82, 2.24) is 4.57 Å². The molecular formula is C11H13BrF3NO. The fourth-order valence-corrected chi connectivity index (χ4v) is 2.79. The summed E-state index contributed by atoms with van der Waals surface area (Å²) in [5.41, 5.74) is -2.89. The molecule has 6 heteroatoms. The van der Waals surface area contributed by atoms with E-state index in [0.717, 1.165) is 4.57 Å². The average molecular weight is 312 g/mol. The first-order chi connectivity index (χ1) is 7.46. The Morgan fingerprint density at radius 1 is 1.18 bits per heavy atom. The van der Waals surface area contributed by atoms with Gasteiger partial charge >= 0.3 is 6.18 Å². The van der Waals surface area contributed by atoms with Gasteiger partial charge in [-0.1, -0.05) is 20.8 Å². The zero-order chi connectivity index (χ0) is 13.6. The van der Waals surface area contributed by atoms with Crippen LogP contribution in [0.4, 0.5) is 13.2 Å². The van der Waals surface area contributed by atoms with E-state index in [1.54, 1.807) is 20.8 Å². The number of hydrogen-bond acceptors (Lipinski definition) is 1. The van der Waals surface area contributed by atoms with E-state index in [4.69, 9.17) is 0 Å². The smallest absolute Gasteiger partial charge is 0.317 e. The Labute approximate surface area is 106 Å². The molecule has 0 bridgehead atoms. The highest BCUT2D eigenvalue weighted by molar-refractivity contribution is 9.10. The normalized spacial score (nSPS) is 12.9. The lowest BCUT2D eigenvalue weighted by molar-refractivity contribution is -0.140. The first-order valence-corrected chi connectivity index (χ1v) is 5.72. The third kappa shape index (κ3) is 2.73. The summed E-state index contributed by atoms with van der Waals surface area (Å²) in [5.74, 6) is 0. The van der Waals surface area contributed by atoms with E-state index in [-0.39, 0.29) is 5.56 Å². The Morgan fingerprint density at radius 2 is 1.65 bits per heavy atom. The molecule has 0 spiro atoms. The van der Waals surface area contributed by atoms with Gasteiger partial charge in [-0.3, -0.25) is 4.79 Å². The van der Waals surface area contributed by atoms with Gasteiger partial charge < -0.3 is 4.57 Å². The molecule has 1 aromatic rings. The maximum absolute atomic E-state index is 13.0. The van der Waals surface area contributed by atoms with E-state index < -0.39 is 22.7 Å². The van der Waals surface area contributed by atoms with Crippen LogP contribution in [0.1, 0.15) is 31.9 Å². The highest BCUT2D eigenvalue weighted by atomic mass is 79.9. The SMILES string of the molecule is Cn1cc(Br)c(C(C)(C)C)c(C(F)(F)F)c1=O. The van der Waals surface area contributed by atoms with Gasteiger partial charge in [-0.05, 0) is 26.9 Å². The number of halogens is 4. The van der Waals surface area contributed by atoms with Crippen LogP contribution in [-0.2, 0) is 18.6 Å². The molecule has 0 saturated heterocycles. The Hall–Kier alpha value is -0.780. The Balaban J connectivity index is 3.83. The molecule has 17 heavy (non-hydrogen) atoms. The lowest BCUT2D eigenvalue weighted by Gasteiger charge is -2.25. The largest absolute Gasteiger partial charge is 0.422 e. The molecule has 0 N–H and O–H groups in total. The van der Waals surface area contributed by atoms with Crippen molar-refractivity contribution in [3.63, 3.8) is 0 Å². The van der Waals surface area contributed by atoms with Crippen LogP contribution >= 0.6 is 15.9 Å². The fourth-order valence-electron chi connectivity index (χ4n) is 1.69. The monoisotopic (exact) mass is 311 g/mol. The molecule has 0 saturated carbocycles. The summed E-state index contributed by atoms with van der Waals surface area (Å²) >= 11 is 3.10. The zero-order valence-electron chi connectivity index (χ0n) is 9.94. The number of nitrogens with zero attached hydrogens (tertiary/aromatic N) is 1. The van der Waals surface area contributed by atoms with Gasteiger partial charge in [-0.15, -0.1) is 0 Å². The van der Waals surface area contributed by atoms with Gasteiger partial charge in [0.2, 0.25) is 0 Å². The third-order valence-corrected chi connectivity index (χ3v) is 2.96. The van der Waals surface area contributed by atoms with Gasteiger partial charge in [0.15, 0.2) is 0 Å². The van der Waals surface area contributed by atoms with Crippen molar-refractivity contribution in [3.05, 3.63) is 32.2 Å². The second kappa shape index (κ2) is 4.15. The van der Waals surface area contributed by atoms with Crippen molar-refractivity contribution < 1.29 is 13.2 Å². The molecule has 0 aliphatic carbocycles. The van der Waals surface area contributed by atoms with Crippen LogP contribution in [-0.4, -0.2) is 4.57 Å². The van der Waals surface area contributed by atoms with E-state index in [9.17, 15) is 18.0 Å². The van der Waals surface area contributed by atoms with Gasteiger partial charge in [0, 0.05) is 17.7 Å².